The van der Waals surface area contributed by atoms with E-state index in [2.05, 4.69) is 44.3 Å². The Labute approximate surface area is 254 Å². The lowest BCUT2D eigenvalue weighted by Gasteiger charge is -2.23. The van der Waals surface area contributed by atoms with E-state index >= 15 is 0 Å². The average Bonchev–Trinajstić information content (AvgIpc) is 3.00. The normalized spacial score (nSPS) is 10.6. The second-order valence-electron chi connectivity index (χ2n) is 11.3. The summed E-state index contributed by atoms with van der Waals surface area (Å²) in [5.41, 5.74) is 2.51. The maximum Gasteiger partial charge on any atom is 0.230 e. The van der Waals surface area contributed by atoms with Gasteiger partial charge in [0, 0.05) is 53.7 Å². The number of halogens is 1. The van der Waals surface area contributed by atoms with Gasteiger partial charge in [0.1, 0.15) is 17.5 Å². The molecule has 7 heteroatoms. The summed E-state index contributed by atoms with van der Waals surface area (Å²) >= 11 is 0. The number of pyridine rings is 2. The summed E-state index contributed by atoms with van der Waals surface area (Å²) in [7, 11) is 1.71. The van der Waals surface area contributed by atoms with Crippen LogP contribution in [0.4, 0.5) is 16.0 Å². The lowest BCUT2D eigenvalue weighted by molar-refractivity contribution is -0.123. The van der Waals surface area contributed by atoms with Crippen LogP contribution >= 0.6 is 0 Å². The van der Waals surface area contributed by atoms with Gasteiger partial charge in [-0.3, -0.25) is 4.79 Å². The molecule has 0 radical (unpaired) electrons. The van der Waals surface area contributed by atoms with Gasteiger partial charge in [0.15, 0.2) is 0 Å². The zero-order valence-electron chi connectivity index (χ0n) is 25.5. The van der Waals surface area contributed by atoms with Crippen LogP contribution in [0.1, 0.15) is 56.9 Å². The molecule has 0 aliphatic carbocycles. The molecular formula is C36H37FN4O2. The van der Waals surface area contributed by atoms with Crippen molar-refractivity contribution in [3.8, 4) is 23.7 Å². The van der Waals surface area contributed by atoms with Crippen LogP contribution in [-0.2, 0) is 9.53 Å². The molecule has 0 spiro atoms. The predicted molar refractivity (Wildman–Crippen MR) is 171 cm³/mol. The van der Waals surface area contributed by atoms with Crippen LogP contribution in [0, 0.1) is 34.9 Å². The fourth-order valence-electron chi connectivity index (χ4n) is 3.17. The first-order valence-corrected chi connectivity index (χ1v) is 13.8. The molecule has 0 fully saturated rings. The van der Waals surface area contributed by atoms with Crippen molar-refractivity contribution in [3.05, 3.63) is 119 Å². The highest BCUT2D eigenvalue weighted by Crippen LogP contribution is 2.16. The Kier molecular flexibility index (Phi) is 11.6. The highest BCUT2D eigenvalue weighted by atomic mass is 19.1. The van der Waals surface area contributed by atoms with Gasteiger partial charge < -0.3 is 15.4 Å². The van der Waals surface area contributed by atoms with Gasteiger partial charge in [0.25, 0.3) is 0 Å². The molecule has 0 saturated heterocycles. The standard InChI is InChI=1S/C18H17FN2O.C18H20N2O/c1-18(2,3)17(22)21-16-10-9-14(12-20-16)8-7-13-5-4-6-15(19)11-13;1-18(2,21-3)14-20-17-12-11-16(13-19-17)10-9-15-7-5-4-6-8-15/h4-6,9-12H,1-3H3,(H,20,21,22);4-8,11-13H,14H2,1-3H3,(H,19,20). The number of hydrogen-bond acceptors (Lipinski definition) is 5. The number of methoxy groups -OCH3 is 1. The van der Waals surface area contributed by atoms with Crippen molar-refractivity contribution in [2.75, 3.05) is 24.3 Å². The van der Waals surface area contributed by atoms with Crippen LogP contribution < -0.4 is 10.6 Å². The van der Waals surface area contributed by atoms with Crippen LogP contribution in [0.3, 0.4) is 0 Å². The largest absolute Gasteiger partial charge is 0.377 e. The summed E-state index contributed by atoms with van der Waals surface area (Å²) in [5, 5.41) is 6.00. The Balaban J connectivity index is 0.000000236. The van der Waals surface area contributed by atoms with E-state index in [1.54, 1.807) is 43.8 Å². The number of carbonyl (C=O) groups is 1. The van der Waals surface area contributed by atoms with E-state index in [9.17, 15) is 9.18 Å². The van der Waals surface area contributed by atoms with Gasteiger partial charge in [-0.25, -0.2) is 14.4 Å². The van der Waals surface area contributed by atoms with Crippen molar-refractivity contribution in [3.63, 3.8) is 0 Å². The Hall–Kier alpha value is -4.98. The molecule has 2 aromatic carbocycles. The van der Waals surface area contributed by atoms with Crippen molar-refractivity contribution in [2.45, 2.75) is 40.2 Å². The summed E-state index contributed by atoms with van der Waals surface area (Å²) < 4.78 is 18.4. The zero-order chi connectivity index (χ0) is 31.3. The van der Waals surface area contributed by atoms with Crippen molar-refractivity contribution in [1.29, 1.82) is 0 Å². The third-order valence-electron chi connectivity index (χ3n) is 6.00. The average molecular weight is 577 g/mol. The first kappa shape index (κ1) is 32.5. The summed E-state index contributed by atoms with van der Waals surface area (Å²) in [5.74, 6) is 12.9. The van der Waals surface area contributed by atoms with Crippen molar-refractivity contribution < 1.29 is 13.9 Å². The number of aromatic nitrogens is 2. The first-order chi connectivity index (χ1) is 20.4. The number of ether oxygens (including phenoxy) is 1. The molecule has 0 aliphatic heterocycles. The molecule has 2 N–H and O–H groups in total. The van der Waals surface area contributed by atoms with Crippen LogP contribution in [0.25, 0.3) is 0 Å². The molecule has 0 saturated carbocycles. The molecule has 0 aliphatic rings. The second-order valence-corrected chi connectivity index (χ2v) is 11.3. The molecular weight excluding hydrogens is 539 g/mol. The Morgan fingerprint density at radius 3 is 1.84 bits per heavy atom. The van der Waals surface area contributed by atoms with E-state index in [4.69, 9.17) is 4.74 Å². The number of amides is 1. The van der Waals surface area contributed by atoms with E-state index < -0.39 is 5.41 Å². The Morgan fingerprint density at radius 2 is 1.30 bits per heavy atom. The number of hydrogen-bond donors (Lipinski definition) is 2. The zero-order valence-corrected chi connectivity index (χ0v) is 25.5. The molecule has 43 heavy (non-hydrogen) atoms. The molecule has 6 nitrogen and oxygen atoms in total. The number of carbonyl (C=O) groups excluding carboxylic acids is 1. The molecule has 4 rings (SSSR count). The highest BCUT2D eigenvalue weighted by molar-refractivity contribution is 5.93. The maximum atomic E-state index is 13.0. The van der Waals surface area contributed by atoms with Crippen molar-refractivity contribution in [1.82, 2.24) is 9.97 Å². The third kappa shape index (κ3) is 11.8. The number of anilines is 2. The van der Waals surface area contributed by atoms with Gasteiger partial charge >= 0.3 is 0 Å². The summed E-state index contributed by atoms with van der Waals surface area (Å²) in [4.78, 5) is 20.4. The fraction of sp³-hybridized carbons (Fsp3) is 0.250. The first-order valence-electron chi connectivity index (χ1n) is 13.8. The van der Waals surface area contributed by atoms with E-state index in [0.29, 0.717) is 23.5 Å². The van der Waals surface area contributed by atoms with Crippen LogP contribution in [0.5, 0.6) is 0 Å². The monoisotopic (exact) mass is 576 g/mol. The minimum Gasteiger partial charge on any atom is -0.377 e. The Morgan fingerprint density at radius 1 is 0.744 bits per heavy atom. The summed E-state index contributed by atoms with van der Waals surface area (Å²) in [6.07, 6.45) is 3.35. The van der Waals surface area contributed by atoms with E-state index in [1.807, 2.05) is 77.1 Å². The van der Waals surface area contributed by atoms with E-state index in [-0.39, 0.29) is 17.3 Å². The third-order valence-corrected chi connectivity index (χ3v) is 6.00. The minimum atomic E-state index is -0.475. The van der Waals surface area contributed by atoms with E-state index in [1.165, 1.54) is 12.1 Å². The van der Waals surface area contributed by atoms with Crippen LogP contribution in [0.2, 0.25) is 0 Å². The fourth-order valence-corrected chi connectivity index (χ4v) is 3.17. The van der Waals surface area contributed by atoms with Crippen molar-refractivity contribution in [2.24, 2.45) is 5.41 Å². The number of nitrogens with one attached hydrogen (secondary N) is 2. The molecule has 0 bridgehead atoms. The Bertz CT molecular complexity index is 1600. The van der Waals surface area contributed by atoms with Crippen LogP contribution in [-0.4, -0.2) is 35.1 Å². The number of nitrogens with zero attached hydrogens (tertiary/aromatic N) is 2. The molecule has 2 heterocycles. The lowest BCUT2D eigenvalue weighted by atomic mass is 9.96. The number of rotatable bonds is 5. The predicted octanol–water partition coefficient (Wildman–Crippen LogP) is 6.92. The summed E-state index contributed by atoms with van der Waals surface area (Å²) in [6, 6.07) is 23.4. The maximum absolute atomic E-state index is 13.0. The molecule has 220 valence electrons. The SMILES string of the molecule is CC(C)(C)C(=O)Nc1ccc(C#Cc2cccc(F)c2)cn1.COC(C)(C)CNc1ccc(C#Cc2ccccc2)cn1. The molecule has 0 unspecified atom stereocenters. The van der Waals surface area contributed by atoms with Crippen LogP contribution in [0.15, 0.2) is 91.3 Å². The molecule has 4 aromatic rings. The number of benzene rings is 2. The molecule has 2 aromatic heterocycles. The van der Waals surface area contributed by atoms with Gasteiger partial charge in [-0.2, -0.15) is 0 Å². The van der Waals surface area contributed by atoms with Gasteiger partial charge in [-0.05, 0) is 68.4 Å². The summed E-state index contributed by atoms with van der Waals surface area (Å²) in [6.45, 7) is 10.3. The molecule has 1 amide bonds. The quantitative estimate of drug-likeness (QED) is 0.252. The minimum absolute atomic E-state index is 0.0985. The lowest BCUT2D eigenvalue weighted by Crippen LogP contribution is -2.32. The molecule has 0 atom stereocenters. The topological polar surface area (TPSA) is 76.1 Å². The van der Waals surface area contributed by atoms with Gasteiger partial charge in [0.05, 0.1) is 5.60 Å². The second kappa shape index (κ2) is 15.3. The van der Waals surface area contributed by atoms with Gasteiger partial charge in [-0.15, -0.1) is 0 Å². The van der Waals surface area contributed by atoms with Crippen molar-refractivity contribution >= 4 is 17.5 Å². The van der Waals surface area contributed by atoms with Gasteiger partial charge in [-0.1, -0.05) is 68.7 Å². The van der Waals surface area contributed by atoms with Gasteiger partial charge in [0.2, 0.25) is 5.91 Å². The smallest absolute Gasteiger partial charge is 0.230 e. The highest BCUT2D eigenvalue weighted by Gasteiger charge is 2.21. The van der Waals surface area contributed by atoms with E-state index in [0.717, 1.165) is 16.9 Å².